The number of nitrogens with one attached hydrogen (secondary N) is 1. The van der Waals surface area contributed by atoms with E-state index < -0.39 is 10.0 Å². The Bertz CT molecular complexity index is 417. The Balaban J connectivity index is 2.36. The molecule has 0 aromatic carbocycles. The zero-order chi connectivity index (χ0) is 12.0. The molecule has 1 N–H and O–H groups in total. The third kappa shape index (κ3) is 5.50. The molecule has 0 atom stereocenters. The number of alkyl halides is 1. The van der Waals surface area contributed by atoms with Gasteiger partial charge in [-0.1, -0.05) is 11.6 Å². The van der Waals surface area contributed by atoms with Crippen molar-refractivity contribution in [2.24, 2.45) is 0 Å². The van der Waals surface area contributed by atoms with Crippen LogP contribution in [-0.4, -0.2) is 20.1 Å². The Morgan fingerprint density at radius 1 is 1.31 bits per heavy atom. The van der Waals surface area contributed by atoms with Gasteiger partial charge in [0.25, 0.3) is 0 Å². The molecule has 0 aliphatic carbocycles. The first-order valence-electron chi connectivity index (χ1n) is 4.81. The number of rotatable bonds is 7. The van der Waals surface area contributed by atoms with Crippen molar-refractivity contribution in [2.45, 2.75) is 19.4 Å². The number of unbranched alkanes of at least 4 members (excludes halogenated alkanes) is 1. The van der Waals surface area contributed by atoms with Crippen LogP contribution in [0.25, 0.3) is 0 Å². The fourth-order valence-electron chi connectivity index (χ4n) is 1.09. The molecule has 1 rings (SSSR count). The second kappa shape index (κ2) is 6.81. The molecule has 0 fully saturated rings. The van der Waals surface area contributed by atoms with Crippen molar-refractivity contribution in [3.8, 4) is 0 Å². The zero-order valence-corrected chi connectivity index (χ0v) is 11.7. The molecule has 0 unspecified atom stereocenters. The number of sulfonamides is 1. The number of hydrogen-bond acceptors (Lipinski definition) is 3. The molecule has 92 valence electrons. The maximum absolute atomic E-state index is 11.5. The SMILES string of the molecule is O=S(=O)(CCCCCl)NCc1ccc(Cl)s1. The van der Waals surface area contributed by atoms with Crippen LogP contribution in [0.15, 0.2) is 12.1 Å². The lowest BCUT2D eigenvalue weighted by Gasteiger charge is -2.04. The smallest absolute Gasteiger partial charge is 0.211 e. The van der Waals surface area contributed by atoms with Gasteiger partial charge in [-0.15, -0.1) is 22.9 Å². The first kappa shape index (κ1) is 14.3. The molecule has 0 bridgehead atoms. The van der Waals surface area contributed by atoms with Crippen LogP contribution in [0.2, 0.25) is 4.34 Å². The Morgan fingerprint density at radius 2 is 2.06 bits per heavy atom. The molecule has 0 aliphatic heterocycles. The van der Waals surface area contributed by atoms with Crippen molar-refractivity contribution in [3.05, 3.63) is 21.3 Å². The third-order valence-corrected chi connectivity index (χ3v) is 4.80. The molecule has 0 saturated carbocycles. The van der Waals surface area contributed by atoms with Gasteiger partial charge in [0.05, 0.1) is 10.1 Å². The number of hydrogen-bond donors (Lipinski definition) is 1. The van der Waals surface area contributed by atoms with Gasteiger partial charge in [-0.3, -0.25) is 0 Å². The molecule has 0 radical (unpaired) electrons. The van der Waals surface area contributed by atoms with Gasteiger partial charge in [0, 0.05) is 17.3 Å². The summed E-state index contributed by atoms with van der Waals surface area (Å²) in [5.41, 5.74) is 0. The maximum Gasteiger partial charge on any atom is 0.211 e. The molecule has 0 saturated heterocycles. The molecule has 0 aliphatic rings. The molecular formula is C9H13Cl2NO2S2. The standard InChI is InChI=1S/C9H13Cl2NO2S2/c10-5-1-2-6-16(13,14)12-7-8-3-4-9(11)15-8/h3-4,12H,1-2,5-7H2. The maximum atomic E-state index is 11.5. The molecule has 16 heavy (non-hydrogen) atoms. The normalized spacial score (nSPS) is 11.9. The quantitative estimate of drug-likeness (QED) is 0.622. The van der Waals surface area contributed by atoms with Gasteiger partial charge in [-0.2, -0.15) is 0 Å². The van der Waals surface area contributed by atoms with Crippen LogP contribution in [0.1, 0.15) is 17.7 Å². The van der Waals surface area contributed by atoms with E-state index in [1.807, 2.05) is 6.07 Å². The summed E-state index contributed by atoms with van der Waals surface area (Å²) in [6.07, 6.45) is 1.30. The van der Waals surface area contributed by atoms with Crippen molar-refractivity contribution in [3.63, 3.8) is 0 Å². The molecule has 0 spiro atoms. The van der Waals surface area contributed by atoms with Gasteiger partial charge in [-0.25, -0.2) is 13.1 Å². The minimum atomic E-state index is -3.19. The van der Waals surface area contributed by atoms with Gasteiger partial charge in [0.15, 0.2) is 0 Å². The summed E-state index contributed by atoms with van der Waals surface area (Å²) >= 11 is 12.6. The van der Waals surface area contributed by atoms with E-state index in [1.54, 1.807) is 6.07 Å². The summed E-state index contributed by atoms with van der Waals surface area (Å²) in [4.78, 5) is 0.908. The first-order chi connectivity index (χ1) is 7.53. The molecule has 1 heterocycles. The average Bonchev–Trinajstić information content (AvgIpc) is 2.62. The molecule has 3 nitrogen and oxygen atoms in total. The Morgan fingerprint density at radius 3 is 2.62 bits per heavy atom. The number of halogens is 2. The van der Waals surface area contributed by atoms with Gasteiger partial charge in [-0.05, 0) is 25.0 Å². The van der Waals surface area contributed by atoms with Gasteiger partial charge < -0.3 is 0 Å². The van der Waals surface area contributed by atoms with Crippen LogP contribution < -0.4 is 4.72 Å². The summed E-state index contributed by atoms with van der Waals surface area (Å²) < 4.78 is 26.2. The largest absolute Gasteiger partial charge is 0.212 e. The van der Waals surface area contributed by atoms with Crippen LogP contribution >= 0.6 is 34.5 Å². The van der Waals surface area contributed by atoms with Crippen molar-refractivity contribution < 1.29 is 8.42 Å². The van der Waals surface area contributed by atoms with Crippen LogP contribution in [0.3, 0.4) is 0 Å². The second-order valence-corrected chi connectivity index (χ2v) is 7.35. The topological polar surface area (TPSA) is 46.2 Å². The second-order valence-electron chi connectivity index (χ2n) is 3.24. The molecule has 1 aromatic heterocycles. The van der Waals surface area contributed by atoms with E-state index in [0.29, 0.717) is 29.6 Å². The minimum Gasteiger partial charge on any atom is -0.212 e. The summed E-state index contributed by atoms with van der Waals surface area (Å²) in [5.74, 6) is 0.620. The highest BCUT2D eigenvalue weighted by molar-refractivity contribution is 7.89. The highest BCUT2D eigenvalue weighted by Gasteiger charge is 2.09. The lowest BCUT2D eigenvalue weighted by Crippen LogP contribution is -2.25. The predicted molar refractivity (Wildman–Crippen MR) is 69.9 cm³/mol. The Kier molecular flexibility index (Phi) is 6.07. The fraction of sp³-hybridized carbons (Fsp3) is 0.556. The predicted octanol–water partition coefficient (Wildman–Crippen LogP) is 2.84. The van der Waals surface area contributed by atoms with E-state index in [2.05, 4.69) is 4.72 Å². The van der Waals surface area contributed by atoms with Gasteiger partial charge >= 0.3 is 0 Å². The number of thiophene rings is 1. The Labute approximate surface area is 110 Å². The van der Waals surface area contributed by atoms with E-state index in [0.717, 1.165) is 4.88 Å². The highest BCUT2D eigenvalue weighted by Crippen LogP contribution is 2.21. The molecular weight excluding hydrogens is 289 g/mol. The Hall–Kier alpha value is 0.190. The van der Waals surface area contributed by atoms with Gasteiger partial charge in [0.1, 0.15) is 0 Å². The van der Waals surface area contributed by atoms with Crippen molar-refractivity contribution in [1.82, 2.24) is 4.72 Å². The van der Waals surface area contributed by atoms with E-state index in [1.165, 1.54) is 11.3 Å². The zero-order valence-electron chi connectivity index (χ0n) is 8.58. The monoisotopic (exact) mass is 301 g/mol. The van der Waals surface area contributed by atoms with Crippen LogP contribution in [0.4, 0.5) is 0 Å². The lowest BCUT2D eigenvalue weighted by molar-refractivity contribution is 0.578. The molecule has 0 amide bonds. The van der Waals surface area contributed by atoms with Crippen molar-refractivity contribution in [1.29, 1.82) is 0 Å². The average molecular weight is 302 g/mol. The highest BCUT2D eigenvalue weighted by atomic mass is 35.5. The third-order valence-electron chi connectivity index (χ3n) is 1.89. The van der Waals surface area contributed by atoms with E-state index >= 15 is 0 Å². The van der Waals surface area contributed by atoms with E-state index in [4.69, 9.17) is 23.2 Å². The summed E-state index contributed by atoms with van der Waals surface area (Å²) in [6.45, 7) is 0.306. The summed E-state index contributed by atoms with van der Waals surface area (Å²) in [5, 5.41) is 0. The summed E-state index contributed by atoms with van der Waals surface area (Å²) in [6, 6.07) is 3.57. The van der Waals surface area contributed by atoms with Crippen LogP contribution in [0, 0.1) is 0 Å². The lowest BCUT2D eigenvalue weighted by atomic mass is 10.4. The van der Waals surface area contributed by atoms with E-state index in [-0.39, 0.29) is 5.75 Å². The van der Waals surface area contributed by atoms with Crippen LogP contribution in [0.5, 0.6) is 0 Å². The van der Waals surface area contributed by atoms with Crippen molar-refractivity contribution >= 4 is 44.6 Å². The van der Waals surface area contributed by atoms with Crippen molar-refractivity contribution in [2.75, 3.05) is 11.6 Å². The van der Waals surface area contributed by atoms with Crippen LogP contribution in [-0.2, 0) is 16.6 Å². The summed E-state index contributed by atoms with van der Waals surface area (Å²) in [7, 11) is -3.19. The minimum absolute atomic E-state index is 0.124. The fourth-order valence-corrected chi connectivity index (χ4v) is 3.50. The molecule has 1 aromatic rings. The van der Waals surface area contributed by atoms with Gasteiger partial charge in [0.2, 0.25) is 10.0 Å². The van der Waals surface area contributed by atoms with E-state index in [9.17, 15) is 8.42 Å². The first-order valence-corrected chi connectivity index (χ1v) is 8.19. The molecule has 7 heteroatoms.